The molecule has 0 aromatic heterocycles. The van der Waals surface area contributed by atoms with Crippen LogP contribution in [0.2, 0.25) is 0 Å². The van der Waals surface area contributed by atoms with Gasteiger partial charge < -0.3 is 15.7 Å². The van der Waals surface area contributed by atoms with Gasteiger partial charge >= 0.3 is 6.03 Å². The summed E-state index contributed by atoms with van der Waals surface area (Å²) in [7, 11) is 0. The standard InChI is InChI=1S/C13H18F2N2O2/c1-3-13(2,6-7-18)17-12(19)16-11-5-4-9(14)8-10(11)15/h4-5,8,18H,3,6-7H2,1-2H3,(H2,16,17,19). The molecule has 4 nitrogen and oxygen atoms in total. The van der Waals surface area contributed by atoms with E-state index >= 15 is 0 Å². The average molecular weight is 272 g/mol. The lowest BCUT2D eigenvalue weighted by Crippen LogP contribution is -2.48. The van der Waals surface area contributed by atoms with Crippen molar-refractivity contribution in [2.45, 2.75) is 32.2 Å². The second kappa shape index (κ2) is 6.47. The molecule has 1 unspecified atom stereocenters. The molecular weight excluding hydrogens is 254 g/mol. The van der Waals surface area contributed by atoms with Gasteiger partial charge in [0.25, 0.3) is 0 Å². The maximum atomic E-state index is 13.4. The smallest absolute Gasteiger partial charge is 0.319 e. The van der Waals surface area contributed by atoms with Gasteiger partial charge in [-0.05, 0) is 31.9 Å². The fraction of sp³-hybridized carbons (Fsp3) is 0.462. The van der Waals surface area contributed by atoms with Crippen LogP contribution in [0, 0.1) is 11.6 Å². The van der Waals surface area contributed by atoms with E-state index in [1.54, 1.807) is 6.92 Å². The van der Waals surface area contributed by atoms with E-state index in [0.717, 1.165) is 12.1 Å². The summed E-state index contributed by atoms with van der Waals surface area (Å²) in [5, 5.41) is 13.9. The number of urea groups is 1. The van der Waals surface area contributed by atoms with Crippen molar-refractivity contribution in [3.05, 3.63) is 29.8 Å². The third kappa shape index (κ3) is 4.48. The number of benzene rings is 1. The van der Waals surface area contributed by atoms with Crippen LogP contribution in [0.15, 0.2) is 18.2 Å². The van der Waals surface area contributed by atoms with Gasteiger partial charge in [-0.2, -0.15) is 0 Å². The Kier molecular flexibility index (Phi) is 5.23. The van der Waals surface area contributed by atoms with E-state index in [2.05, 4.69) is 10.6 Å². The highest BCUT2D eigenvalue weighted by Gasteiger charge is 2.23. The third-order valence-electron chi connectivity index (χ3n) is 3.04. The molecule has 1 aromatic carbocycles. The van der Waals surface area contributed by atoms with Crippen LogP contribution in [-0.4, -0.2) is 23.3 Å². The fourth-order valence-electron chi connectivity index (χ4n) is 1.59. The first kappa shape index (κ1) is 15.4. The fourth-order valence-corrected chi connectivity index (χ4v) is 1.59. The van der Waals surface area contributed by atoms with Gasteiger partial charge in [-0.25, -0.2) is 13.6 Å². The largest absolute Gasteiger partial charge is 0.396 e. The maximum Gasteiger partial charge on any atom is 0.319 e. The van der Waals surface area contributed by atoms with Crippen LogP contribution >= 0.6 is 0 Å². The van der Waals surface area contributed by atoms with Gasteiger partial charge in [0.1, 0.15) is 11.6 Å². The van der Waals surface area contributed by atoms with Crippen molar-refractivity contribution in [2.75, 3.05) is 11.9 Å². The molecule has 19 heavy (non-hydrogen) atoms. The van der Waals surface area contributed by atoms with E-state index in [4.69, 9.17) is 5.11 Å². The average Bonchev–Trinajstić information content (AvgIpc) is 2.33. The Bertz CT molecular complexity index is 454. The number of anilines is 1. The molecule has 0 aliphatic carbocycles. The molecule has 0 radical (unpaired) electrons. The molecule has 0 fully saturated rings. The van der Waals surface area contributed by atoms with Crippen molar-refractivity contribution >= 4 is 11.7 Å². The highest BCUT2D eigenvalue weighted by Crippen LogP contribution is 2.17. The molecule has 0 heterocycles. The van der Waals surface area contributed by atoms with Gasteiger partial charge in [-0.1, -0.05) is 6.92 Å². The predicted molar refractivity (Wildman–Crippen MR) is 68.9 cm³/mol. The van der Waals surface area contributed by atoms with Crippen LogP contribution in [0.5, 0.6) is 0 Å². The van der Waals surface area contributed by atoms with Gasteiger partial charge in [0.05, 0.1) is 5.69 Å². The van der Waals surface area contributed by atoms with Crippen molar-refractivity contribution in [3.8, 4) is 0 Å². The van der Waals surface area contributed by atoms with E-state index in [0.29, 0.717) is 18.9 Å². The summed E-state index contributed by atoms with van der Waals surface area (Å²) in [4.78, 5) is 11.7. The van der Waals surface area contributed by atoms with Gasteiger partial charge in [0.2, 0.25) is 0 Å². The summed E-state index contributed by atoms with van der Waals surface area (Å²) in [6.07, 6.45) is 1.01. The lowest BCUT2D eigenvalue weighted by molar-refractivity contribution is 0.208. The van der Waals surface area contributed by atoms with Gasteiger partial charge in [-0.3, -0.25) is 0 Å². The number of rotatable bonds is 5. The zero-order valence-electron chi connectivity index (χ0n) is 11.0. The molecule has 0 saturated heterocycles. The minimum Gasteiger partial charge on any atom is -0.396 e. The van der Waals surface area contributed by atoms with Crippen LogP contribution in [0.25, 0.3) is 0 Å². The lowest BCUT2D eigenvalue weighted by Gasteiger charge is -2.29. The van der Waals surface area contributed by atoms with E-state index in [1.807, 2.05) is 6.92 Å². The summed E-state index contributed by atoms with van der Waals surface area (Å²) in [5.74, 6) is -1.54. The van der Waals surface area contributed by atoms with Crippen LogP contribution in [0.4, 0.5) is 19.3 Å². The normalized spacial score (nSPS) is 13.7. The Morgan fingerprint density at radius 3 is 2.63 bits per heavy atom. The van der Waals surface area contributed by atoms with Crippen LogP contribution in [0.3, 0.4) is 0 Å². The number of halogens is 2. The number of carbonyl (C=O) groups is 1. The highest BCUT2D eigenvalue weighted by atomic mass is 19.1. The molecule has 1 aromatic rings. The lowest BCUT2D eigenvalue weighted by atomic mass is 9.95. The molecule has 1 rings (SSSR count). The zero-order valence-corrected chi connectivity index (χ0v) is 11.0. The number of aliphatic hydroxyl groups is 1. The van der Waals surface area contributed by atoms with Crippen LogP contribution in [0.1, 0.15) is 26.7 Å². The zero-order chi connectivity index (χ0) is 14.5. The third-order valence-corrected chi connectivity index (χ3v) is 3.04. The number of nitrogens with one attached hydrogen (secondary N) is 2. The Hall–Kier alpha value is -1.69. The van der Waals surface area contributed by atoms with Crippen molar-refractivity contribution in [2.24, 2.45) is 0 Å². The van der Waals surface area contributed by atoms with Gasteiger partial charge in [-0.15, -0.1) is 0 Å². The topological polar surface area (TPSA) is 61.4 Å². The van der Waals surface area contributed by atoms with Crippen LogP contribution in [-0.2, 0) is 0 Å². The van der Waals surface area contributed by atoms with E-state index in [-0.39, 0.29) is 12.3 Å². The van der Waals surface area contributed by atoms with E-state index in [1.165, 1.54) is 0 Å². The molecule has 0 aliphatic heterocycles. The number of hydrogen-bond donors (Lipinski definition) is 3. The summed E-state index contributed by atoms with van der Waals surface area (Å²) < 4.78 is 26.1. The van der Waals surface area contributed by atoms with Crippen molar-refractivity contribution in [1.29, 1.82) is 0 Å². The van der Waals surface area contributed by atoms with E-state index in [9.17, 15) is 13.6 Å². The number of aliphatic hydroxyl groups excluding tert-OH is 1. The Morgan fingerprint density at radius 2 is 2.11 bits per heavy atom. The monoisotopic (exact) mass is 272 g/mol. The molecule has 106 valence electrons. The summed E-state index contributed by atoms with van der Waals surface area (Å²) in [5.41, 5.74) is -0.670. The Labute approximate surface area is 110 Å². The quantitative estimate of drug-likeness (QED) is 0.771. The summed E-state index contributed by atoms with van der Waals surface area (Å²) in [6, 6.07) is 2.32. The first-order chi connectivity index (χ1) is 8.90. The molecular formula is C13H18F2N2O2. The van der Waals surface area contributed by atoms with Crippen molar-refractivity contribution in [3.63, 3.8) is 0 Å². The number of hydrogen-bond acceptors (Lipinski definition) is 2. The Balaban J connectivity index is 2.69. The molecule has 1 atom stereocenters. The molecule has 0 saturated carbocycles. The predicted octanol–water partition coefficient (Wildman–Crippen LogP) is 2.64. The molecule has 0 aliphatic rings. The molecule has 3 N–H and O–H groups in total. The number of carbonyl (C=O) groups excluding carboxylic acids is 1. The second-order valence-corrected chi connectivity index (χ2v) is 4.59. The Morgan fingerprint density at radius 1 is 1.42 bits per heavy atom. The van der Waals surface area contributed by atoms with Gasteiger partial charge in [0, 0.05) is 18.2 Å². The van der Waals surface area contributed by atoms with Crippen LogP contribution < -0.4 is 10.6 Å². The first-order valence-corrected chi connectivity index (χ1v) is 6.05. The van der Waals surface area contributed by atoms with Crippen molar-refractivity contribution < 1.29 is 18.7 Å². The summed E-state index contributed by atoms with van der Waals surface area (Å²) >= 11 is 0. The minimum atomic E-state index is -0.837. The minimum absolute atomic E-state index is 0.0600. The SMILES string of the molecule is CCC(C)(CCO)NC(=O)Nc1ccc(F)cc1F. The molecule has 2 amide bonds. The second-order valence-electron chi connectivity index (χ2n) is 4.59. The highest BCUT2D eigenvalue weighted by molar-refractivity contribution is 5.89. The van der Waals surface area contributed by atoms with Crippen molar-refractivity contribution in [1.82, 2.24) is 5.32 Å². The number of amides is 2. The summed E-state index contributed by atoms with van der Waals surface area (Å²) in [6.45, 7) is 3.59. The first-order valence-electron chi connectivity index (χ1n) is 6.05. The molecule has 0 bridgehead atoms. The van der Waals surface area contributed by atoms with E-state index < -0.39 is 23.2 Å². The molecule has 0 spiro atoms. The molecule has 6 heteroatoms. The maximum absolute atomic E-state index is 13.4. The van der Waals surface area contributed by atoms with Gasteiger partial charge in [0.15, 0.2) is 0 Å².